The molecule has 1 N–H and O–H groups in total. The average molecular weight is 188 g/mol. The molecule has 1 rings (SSSR count). The van der Waals surface area contributed by atoms with Crippen LogP contribution in [-0.2, 0) is 0 Å². The van der Waals surface area contributed by atoms with Gasteiger partial charge in [0.15, 0.2) is 7.98 Å². The van der Waals surface area contributed by atoms with Crippen molar-refractivity contribution in [2.24, 2.45) is 5.92 Å². The molecule has 0 spiro atoms. The molecule has 0 aromatic heterocycles. The summed E-state index contributed by atoms with van der Waals surface area (Å²) in [5.74, 6) is -0.0869. The Kier molecular flexibility index (Phi) is 3.32. The van der Waals surface area contributed by atoms with Crippen molar-refractivity contribution in [3.05, 3.63) is 0 Å². The van der Waals surface area contributed by atoms with E-state index in [1.54, 1.807) is 12.8 Å². The number of likely N-dealkylation sites (N-methyl/N-ethyl adjacent to an activating group) is 1. The van der Waals surface area contributed by atoms with Crippen molar-refractivity contribution in [1.29, 1.82) is 0 Å². The van der Waals surface area contributed by atoms with E-state index in [4.69, 9.17) is 0 Å². The zero-order valence-corrected chi connectivity index (χ0v) is 8.74. The fraction of sp³-hybridized carbons (Fsp3) is 1.00. The summed E-state index contributed by atoms with van der Waals surface area (Å²) in [5, 5.41) is 9.75. The third-order valence-electron chi connectivity index (χ3n) is 2.76. The number of hydrogen-bond donors (Lipinski definition) is 1. The highest BCUT2D eigenvalue weighted by molar-refractivity contribution is 6.04. The van der Waals surface area contributed by atoms with Crippen molar-refractivity contribution >= 4 is 7.98 Å². The predicted molar refractivity (Wildman–Crippen MR) is 52.5 cm³/mol. The summed E-state index contributed by atoms with van der Waals surface area (Å²) >= 11 is 0. The Bertz CT molecular complexity index is 182. The van der Waals surface area contributed by atoms with Crippen LogP contribution in [0.2, 0.25) is 0 Å². The third kappa shape index (κ3) is 2.03. The molecule has 0 saturated carbocycles. The molecule has 4 atom stereocenters. The molecule has 0 aliphatic carbocycles. The predicted octanol–water partition coefficient (Wildman–Crippen LogP) is -0.580. The maximum absolute atomic E-state index is 13.5. The van der Waals surface area contributed by atoms with Crippen molar-refractivity contribution in [3.8, 4) is 0 Å². The number of alkyl halides is 1. The minimum Gasteiger partial charge on any atom is -0.390 e. The largest absolute Gasteiger partial charge is 0.390 e. The molecule has 0 aromatic carbocycles. The Morgan fingerprint density at radius 1 is 1.54 bits per heavy atom. The lowest BCUT2D eigenvalue weighted by Gasteiger charge is -2.45. The van der Waals surface area contributed by atoms with Crippen LogP contribution in [0.5, 0.6) is 0 Å². The molecule has 3 unspecified atom stereocenters. The first-order valence-electron chi connectivity index (χ1n) is 4.65. The summed E-state index contributed by atoms with van der Waals surface area (Å²) in [4.78, 5) is 3.45. The van der Waals surface area contributed by atoms with Crippen LogP contribution in [0.25, 0.3) is 0 Å². The highest BCUT2D eigenvalue weighted by Crippen LogP contribution is 2.28. The molecule has 1 aliphatic heterocycles. The molecular weight excluding hydrogens is 170 g/mol. The van der Waals surface area contributed by atoms with Crippen LogP contribution in [0.4, 0.5) is 4.39 Å². The highest BCUT2D eigenvalue weighted by atomic mass is 19.1. The van der Waals surface area contributed by atoms with E-state index in [9.17, 15) is 9.50 Å². The molecule has 3 nitrogen and oxygen atoms in total. The van der Waals surface area contributed by atoms with Crippen LogP contribution >= 0.6 is 0 Å². The molecule has 1 fully saturated rings. The zero-order valence-electron chi connectivity index (χ0n) is 8.74. The number of aliphatic hydroxyl groups excluding tert-OH is 1. The first-order valence-corrected chi connectivity index (χ1v) is 4.65. The molecule has 1 saturated heterocycles. The number of rotatable bonds is 1. The van der Waals surface area contributed by atoms with Crippen molar-refractivity contribution in [3.63, 3.8) is 0 Å². The van der Waals surface area contributed by atoms with Crippen LogP contribution in [0.1, 0.15) is 13.3 Å². The minimum atomic E-state index is -0.948. The van der Waals surface area contributed by atoms with E-state index in [1.807, 2.05) is 25.9 Å². The van der Waals surface area contributed by atoms with E-state index >= 15 is 0 Å². The normalized spacial score (nSPS) is 42.6. The van der Waals surface area contributed by atoms with Gasteiger partial charge in [-0.2, -0.15) is 0 Å². The maximum Gasteiger partial charge on any atom is 0.191 e. The summed E-state index contributed by atoms with van der Waals surface area (Å²) in [5.41, 5.74) is 0. The van der Waals surface area contributed by atoms with E-state index in [0.29, 0.717) is 6.42 Å². The number of nitrogens with zero attached hydrogens (tertiary/aromatic N) is 2. The van der Waals surface area contributed by atoms with Gasteiger partial charge < -0.3 is 9.92 Å². The van der Waals surface area contributed by atoms with Crippen LogP contribution in [0.15, 0.2) is 0 Å². The van der Waals surface area contributed by atoms with Crippen molar-refractivity contribution in [1.82, 2.24) is 9.71 Å². The Balaban J connectivity index is 2.73. The summed E-state index contributed by atoms with van der Waals surface area (Å²) in [6.45, 7) is 1.83. The molecule has 0 radical (unpaired) electrons. The molecule has 13 heavy (non-hydrogen) atoms. The van der Waals surface area contributed by atoms with E-state index in [-0.39, 0.29) is 12.1 Å². The Hall–Kier alpha value is -0.125. The van der Waals surface area contributed by atoms with Gasteiger partial charge in [-0.25, -0.2) is 4.39 Å². The fourth-order valence-corrected chi connectivity index (χ4v) is 2.14. The lowest BCUT2D eigenvalue weighted by Crippen LogP contribution is -2.59. The average Bonchev–Trinajstić information content (AvgIpc) is 1.99. The molecule has 1 aliphatic rings. The lowest BCUT2D eigenvalue weighted by atomic mass is 9.91. The third-order valence-corrected chi connectivity index (χ3v) is 2.76. The lowest BCUT2D eigenvalue weighted by molar-refractivity contribution is -0.0949. The smallest absolute Gasteiger partial charge is 0.191 e. The van der Waals surface area contributed by atoms with Gasteiger partial charge in [0.25, 0.3) is 0 Å². The van der Waals surface area contributed by atoms with Gasteiger partial charge in [0.2, 0.25) is 0 Å². The van der Waals surface area contributed by atoms with Gasteiger partial charge in [-0.1, -0.05) is 6.92 Å². The molecule has 5 heteroatoms. The Morgan fingerprint density at radius 2 is 2.08 bits per heavy atom. The van der Waals surface area contributed by atoms with E-state index in [0.717, 1.165) is 0 Å². The summed E-state index contributed by atoms with van der Waals surface area (Å²) < 4.78 is 13.5. The quantitative estimate of drug-likeness (QED) is 0.440. The first kappa shape index (κ1) is 11.0. The number of hydrogen-bond acceptors (Lipinski definition) is 3. The highest BCUT2D eigenvalue weighted by Gasteiger charge is 2.38. The van der Waals surface area contributed by atoms with Gasteiger partial charge in [0, 0.05) is 5.92 Å². The molecule has 0 bridgehead atoms. The van der Waals surface area contributed by atoms with Crippen molar-refractivity contribution < 1.29 is 9.50 Å². The summed E-state index contributed by atoms with van der Waals surface area (Å²) in [6, 6.07) is 0. The molecule has 1 heterocycles. The fourth-order valence-electron chi connectivity index (χ4n) is 2.14. The number of halogens is 1. The van der Waals surface area contributed by atoms with E-state index in [2.05, 4.69) is 0 Å². The number of piperidine rings is 1. The summed E-state index contributed by atoms with van der Waals surface area (Å²) in [7, 11) is 5.42. The summed E-state index contributed by atoms with van der Waals surface area (Å²) in [6.07, 6.45) is -1.07. The second-order valence-electron chi connectivity index (χ2n) is 4.20. The van der Waals surface area contributed by atoms with E-state index in [1.165, 1.54) is 0 Å². The monoisotopic (exact) mass is 188 g/mol. The van der Waals surface area contributed by atoms with Crippen LogP contribution < -0.4 is 0 Å². The molecular formula is C8H18BFN2O. The topological polar surface area (TPSA) is 26.7 Å². The van der Waals surface area contributed by atoms with Crippen LogP contribution in [0.3, 0.4) is 0 Å². The SMILES string of the molecule is BN1C(F)[C@@H](C)CC(O)C1N(C)C. The Morgan fingerprint density at radius 3 is 2.54 bits per heavy atom. The van der Waals surface area contributed by atoms with Crippen molar-refractivity contribution in [2.45, 2.75) is 31.9 Å². The van der Waals surface area contributed by atoms with Gasteiger partial charge >= 0.3 is 0 Å². The van der Waals surface area contributed by atoms with Gasteiger partial charge in [0.05, 0.1) is 12.3 Å². The first-order chi connectivity index (χ1) is 5.95. The zero-order chi connectivity index (χ0) is 10.2. The Labute approximate surface area is 79.9 Å². The van der Waals surface area contributed by atoms with Gasteiger partial charge in [-0.3, -0.25) is 4.90 Å². The van der Waals surface area contributed by atoms with Gasteiger partial charge in [0.1, 0.15) is 6.30 Å². The molecule has 0 aromatic rings. The second kappa shape index (κ2) is 3.94. The van der Waals surface area contributed by atoms with E-state index < -0.39 is 12.4 Å². The standard InChI is InChI=1S/C8H18BFN2O/c1-5-4-6(13)8(11(2)3)12(9)7(5)10/h5-8,13H,4,9H2,1-3H3/t5-,6?,7?,8?/m0/s1. The number of aliphatic hydroxyl groups is 1. The second-order valence-corrected chi connectivity index (χ2v) is 4.20. The van der Waals surface area contributed by atoms with Gasteiger partial charge in [-0.05, 0) is 20.5 Å². The van der Waals surface area contributed by atoms with Crippen molar-refractivity contribution in [2.75, 3.05) is 14.1 Å². The maximum atomic E-state index is 13.5. The molecule has 0 amide bonds. The van der Waals surface area contributed by atoms with Gasteiger partial charge in [-0.15, -0.1) is 0 Å². The minimum absolute atomic E-state index is 0.0869. The van der Waals surface area contributed by atoms with Crippen LogP contribution in [0, 0.1) is 5.92 Å². The van der Waals surface area contributed by atoms with Crippen LogP contribution in [-0.4, -0.2) is 55.5 Å². The molecule has 76 valence electrons.